The molecule has 2 fully saturated rings. The van der Waals surface area contributed by atoms with Crippen LogP contribution >= 0.6 is 0 Å². The largest absolute Gasteiger partial charge is 0.496 e. The zero-order valence-corrected chi connectivity index (χ0v) is 14.7. The van der Waals surface area contributed by atoms with Crippen LogP contribution in [-0.4, -0.2) is 35.1 Å². The van der Waals surface area contributed by atoms with Crippen LogP contribution in [0.1, 0.15) is 31.2 Å². The third kappa shape index (κ3) is 2.84. The lowest BCUT2D eigenvalue weighted by Gasteiger charge is -2.52. The molecule has 2 aliphatic rings. The van der Waals surface area contributed by atoms with Crippen molar-refractivity contribution < 1.29 is 9.53 Å². The first-order valence-electron chi connectivity index (χ1n) is 8.85. The van der Waals surface area contributed by atoms with Crippen LogP contribution in [0.5, 0.6) is 5.75 Å². The Bertz CT molecular complexity index is 791. The summed E-state index contributed by atoms with van der Waals surface area (Å²) in [5, 5.41) is 3.07. The zero-order chi connectivity index (χ0) is 17.4. The number of urea groups is 1. The number of rotatable bonds is 3. The molecule has 2 bridgehead atoms. The van der Waals surface area contributed by atoms with E-state index in [0.717, 1.165) is 41.0 Å². The quantitative estimate of drug-likeness (QED) is 0.912. The van der Waals surface area contributed by atoms with E-state index in [4.69, 9.17) is 4.74 Å². The maximum Gasteiger partial charge on any atom is 0.322 e. The number of aromatic nitrogens is 1. The van der Waals surface area contributed by atoms with E-state index >= 15 is 0 Å². The van der Waals surface area contributed by atoms with Gasteiger partial charge in [-0.3, -0.25) is 4.98 Å². The molecular weight excluding hydrogens is 314 g/mol. The Labute approximate surface area is 148 Å². The van der Waals surface area contributed by atoms with Gasteiger partial charge in [0.25, 0.3) is 0 Å². The molecule has 4 rings (SSSR count). The molecule has 2 saturated heterocycles. The molecule has 2 amide bonds. The normalized spacial score (nSPS) is 21.4. The van der Waals surface area contributed by atoms with Crippen molar-refractivity contribution in [3.8, 4) is 16.9 Å². The number of benzene rings is 1. The number of nitrogens with one attached hydrogen (secondary N) is 1. The van der Waals surface area contributed by atoms with Crippen LogP contribution in [0.2, 0.25) is 0 Å². The van der Waals surface area contributed by atoms with Gasteiger partial charge in [-0.15, -0.1) is 0 Å². The third-order valence-electron chi connectivity index (χ3n) is 5.42. The van der Waals surface area contributed by atoms with Gasteiger partial charge in [0.05, 0.1) is 7.11 Å². The molecule has 130 valence electrons. The molecule has 1 aromatic heterocycles. The summed E-state index contributed by atoms with van der Waals surface area (Å²) in [6, 6.07) is 8.71. The van der Waals surface area contributed by atoms with Crippen molar-refractivity contribution in [2.75, 3.05) is 12.4 Å². The Hall–Kier alpha value is -2.56. The van der Waals surface area contributed by atoms with Crippen LogP contribution in [0, 0.1) is 6.92 Å². The number of methoxy groups -OCH3 is 1. The summed E-state index contributed by atoms with van der Waals surface area (Å²) in [5.41, 5.74) is 3.87. The van der Waals surface area contributed by atoms with E-state index in [9.17, 15) is 4.79 Å². The van der Waals surface area contributed by atoms with Crippen LogP contribution in [0.4, 0.5) is 10.5 Å². The Morgan fingerprint density at radius 3 is 2.76 bits per heavy atom. The van der Waals surface area contributed by atoms with Crippen molar-refractivity contribution in [2.24, 2.45) is 0 Å². The average Bonchev–Trinajstić information content (AvgIpc) is 2.63. The molecule has 5 nitrogen and oxygen atoms in total. The van der Waals surface area contributed by atoms with E-state index in [1.165, 1.54) is 12.8 Å². The summed E-state index contributed by atoms with van der Waals surface area (Å²) in [5.74, 6) is 0.777. The Kier molecular flexibility index (Phi) is 4.07. The molecule has 2 atom stereocenters. The van der Waals surface area contributed by atoms with Crippen molar-refractivity contribution in [3.05, 3.63) is 42.2 Å². The van der Waals surface area contributed by atoms with Gasteiger partial charge >= 0.3 is 6.03 Å². The number of pyridine rings is 1. The van der Waals surface area contributed by atoms with Crippen LogP contribution in [-0.2, 0) is 0 Å². The summed E-state index contributed by atoms with van der Waals surface area (Å²) >= 11 is 0. The maximum absolute atomic E-state index is 12.6. The molecule has 1 aromatic carbocycles. The number of hydrogen-bond donors (Lipinski definition) is 1. The molecule has 3 heterocycles. The highest BCUT2D eigenvalue weighted by atomic mass is 16.5. The van der Waals surface area contributed by atoms with Crippen molar-refractivity contribution in [2.45, 2.75) is 44.7 Å². The summed E-state index contributed by atoms with van der Waals surface area (Å²) in [6.45, 7) is 2.05. The molecule has 0 spiro atoms. The van der Waals surface area contributed by atoms with Crippen LogP contribution in [0.15, 0.2) is 36.7 Å². The molecule has 2 aromatic rings. The van der Waals surface area contributed by atoms with Crippen LogP contribution in [0.3, 0.4) is 0 Å². The topological polar surface area (TPSA) is 54.5 Å². The molecular formula is C20H23N3O2. The Morgan fingerprint density at radius 2 is 2.04 bits per heavy atom. The molecule has 0 aliphatic carbocycles. The molecule has 5 heteroatoms. The fourth-order valence-electron chi connectivity index (χ4n) is 4.08. The molecule has 25 heavy (non-hydrogen) atoms. The number of hydrogen-bond acceptors (Lipinski definition) is 3. The summed E-state index contributed by atoms with van der Waals surface area (Å²) in [7, 11) is 1.66. The van der Waals surface area contributed by atoms with Gasteiger partial charge in [0.1, 0.15) is 5.75 Å². The molecule has 2 unspecified atom stereocenters. The standard InChI is InChI=1S/C20H23N3O2/c1-13-6-7-14(10-17(13)18-12-21-9-8-19(18)25-2)22-20(24)23-15-4-3-5-16(23)11-15/h6-10,12,15-16H,3-5,11H2,1-2H3,(H,22,24). The highest BCUT2D eigenvalue weighted by Gasteiger charge is 2.44. The third-order valence-corrected chi connectivity index (χ3v) is 5.42. The summed E-state index contributed by atoms with van der Waals surface area (Å²) in [4.78, 5) is 18.9. The van der Waals surface area contributed by atoms with Gasteiger partial charge in [0.2, 0.25) is 0 Å². The molecule has 0 saturated carbocycles. The Morgan fingerprint density at radius 1 is 1.24 bits per heavy atom. The van der Waals surface area contributed by atoms with Crippen molar-refractivity contribution >= 4 is 11.7 Å². The first kappa shape index (κ1) is 15.9. The average molecular weight is 337 g/mol. The number of nitrogens with zero attached hydrogens (tertiary/aromatic N) is 2. The van der Waals surface area contributed by atoms with Gasteiger partial charge in [-0.25, -0.2) is 4.79 Å². The number of aryl methyl sites for hydroxylation is 1. The second-order valence-electron chi connectivity index (χ2n) is 6.92. The predicted molar refractivity (Wildman–Crippen MR) is 97.9 cm³/mol. The van der Waals surface area contributed by atoms with Crippen molar-refractivity contribution in [1.29, 1.82) is 0 Å². The van der Waals surface area contributed by atoms with Gasteiger partial charge in [0, 0.05) is 35.7 Å². The minimum absolute atomic E-state index is 0.0221. The van der Waals surface area contributed by atoms with Gasteiger partial charge in [-0.05, 0) is 61.9 Å². The first-order valence-corrected chi connectivity index (χ1v) is 8.85. The number of amides is 2. The fourth-order valence-corrected chi connectivity index (χ4v) is 4.08. The lowest BCUT2D eigenvalue weighted by atomic mass is 9.80. The second-order valence-corrected chi connectivity index (χ2v) is 6.92. The fraction of sp³-hybridized carbons (Fsp3) is 0.400. The summed E-state index contributed by atoms with van der Waals surface area (Å²) < 4.78 is 5.46. The lowest BCUT2D eigenvalue weighted by molar-refractivity contribution is 0.0173. The van der Waals surface area contributed by atoms with Crippen molar-refractivity contribution in [1.82, 2.24) is 9.88 Å². The molecule has 2 aliphatic heterocycles. The number of ether oxygens (including phenoxy) is 1. The van der Waals surface area contributed by atoms with Gasteiger partial charge in [-0.1, -0.05) is 6.07 Å². The number of carbonyl (C=O) groups excluding carboxylic acids is 1. The lowest BCUT2D eigenvalue weighted by Crippen LogP contribution is -2.62. The number of anilines is 1. The van der Waals surface area contributed by atoms with E-state index in [1.54, 1.807) is 19.5 Å². The number of fused-ring (bicyclic) bond motifs is 2. The minimum atomic E-state index is 0.0221. The van der Waals surface area contributed by atoms with Crippen LogP contribution < -0.4 is 10.1 Å². The highest BCUT2D eigenvalue weighted by molar-refractivity contribution is 5.91. The van der Waals surface area contributed by atoms with E-state index in [-0.39, 0.29) is 6.03 Å². The second kappa shape index (κ2) is 6.39. The van der Waals surface area contributed by atoms with Gasteiger partial charge in [-0.2, -0.15) is 0 Å². The van der Waals surface area contributed by atoms with Gasteiger partial charge < -0.3 is 15.0 Å². The maximum atomic E-state index is 12.6. The number of piperidine rings is 1. The Balaban J connectivity index is 1.58. The number of carbonyl (C=O) groups is 1. The molecule has 1 N–H and O–H groups in total. The van der Waals surface area contributed by atoms with Gasteiger partial charge in [0.15, 0.2) is 0 Å². The van der Waals surface area contributed by atoms with E-state index in [2.05, 4.69) is 10.3 Å². The van der Waals surface area contributed by atoms with E-state index < -0.39 is 0 Å². The SMILES string of the molecule is COc1ccncc1-c1cc(NC(=O)N2C3CCCC2C3)ccc1C. The first-order chi connectivity index (χ1) is 12.2. The summed E-state index contributed by atoms with van der Waals surface area (Å²) in [6.07, 6.45) is 8.19. The smallest absolute Gasteiger partial charge is 0.322 e. The minimum Gasteiger partial charge on any atom is -0.496 e. The van der Waals surface area contributed by atoms with E-state index in [1.807, 2.05) is 36.1 Å². The zero-order valence-electron chi connectivity index (χ0n) is 14.7. The monoisotopic (exact) mass is 337 g/mol. The van der Waals surface area contributed by atoms with E-state index in [0.29, 0.717) is 12.1 Å². The van der Waals surface area contributed by atoms with Crippen molar-refractivity contribution in [3.63, 3.8) is 0 Å². The molecule has 0 radical (unpaired) electrons. The predicted octanol–water partition coefficient (Wildman–Crippen LogP) is 4.22. The van der Waals surface area contributed by atoms with Crippen LogP contribution in [0.25, 0.3) is 11.1 Å². The highest BCUT2D eigenvalue weighted by Crippen LogP contribution is 2.39.